The number of nitrogens with zero attached hydrogens (tertiary/aromatic N) is 1. The smallest absolute Gasteiger partial charge is 0.407 e. The van der Waals surface area contributed by atoms with Gasteiger partial charge in [-0.2, -0.15) is 0 Å². The van der Waals surface area contributed by atoms with Crippen LogP contribution in [0.2, 0.25) is 0 Å². The minimum absolute atomic E-state index is 0.0265. The van der Waals surface area contributed by atoms with E-state index in [0.717, 1.165) is 12.0 Å². The molecule has 1 fully saturated rings. The highest BCUT2D eigenvalue weighted by Crippen LogP contribution is 2.43. The number of nitrogens with one attached hydrogen (secondary N) is 1. The van der Waals surface area contributed by atoms with Gasteiger partial charge in [-0.25, -0.2) is 4.79 Å². The molecule has 0 unspecified atom stereocenters. The molecule has 1 amide bonds. The maximum absolute atomic E-state index is 12.1. The first-order valence-electron chi connectivity index (χ1n) is 8.06. The fourth-order valence-electron chi connectivity index (χ4n) is 3.02. The van der Waals surface area contributed by atoms with E-state index in [2.05, 4.69) is 32.9 Å². The number of halogens is 1. The molecule has 1 aromatic rings. The molecule has 0 saturated heterocycles. The summed E-state index contributed by atoms with van der Waals surface area (Å²) in [5, 5.41) is 13.7. The fourth-order valence-corrected chi connectivity index (χ4v) is 4.07. The van der Waals surface area contributed by atoms with Crippen LogP contribution in [0.25, 0.3) is 0 Å². The van der Waals surface area contributed by atoms with E-state index in [9.17, 15) is 9.90 Å². The summed E-state index contributed by atoms with van der Waals surface area (Å²) in [5.74, 6) is 0.148. The SMILES string of the molecule is CC(C)(C)OC(=O)N[C@H]1C[C@@H](c2ccncc2N)C[C@@H](I)[C@]1(C)O. The van der Waals surface area contributed by atoms with E-state index in [1.807, 2.05) is 26.8 Å². The predicted molar refractivity (Wildman–Crippen MR) is 102 cm³/mol. The Hall–Kier alpha value is -1.09. The third-order valence-corrected chi connectivity index (χ3v) is 6.14. The number of alkyl carbamates (subject to hydrolysis) is 1. The van der Waals surface area contributed by atoms with Gasteiger partial charge >= 0.3 is 6.09 Å². The maximum Gasteiger partial charge on any atom is 0.407 e. The summed E-state index contributed by atoms with van der Waals surface area (Å²) in [6, 6.07) is 1.49. The third-order valence-electron chi connectivity index (χ3n) is 4.37. The van der Waals surface area contributed by atoms with Crippen molar-refractivity contribution in [3.8, 4) is 0 Å². The number of rotatable bonds is 2. The first-order valence-corrected chi connectivity index (χ1v) is 9.30. The summed E-state index contributed by atoms with van der Waals surface area (Å²) in [4.78, 5) is 16.2. The topological polar surface area (TPSA) is 97.5 Å². The molecule has 1 saturated carbocycles. The van der Waals surface area contributed by atoms with Crippen LogP contribution in [0.15, 0.2) is 18.5 Å². The number of ether oxygens (including phenoxy) is 1. The summed E-state index contributed by atoms with van der Waals surface area (Å²) >= 11 is 2.24. The van der Waals surface area contributed by atoms with Gasteiger partial charge in [-0.1, -0.05) is 22.6 Å². The molecule has 134 valence electrons. The number of nitrogens with two attached hydrogens (primary N) is 1. The predicted octanol–water partition coefficient (Wildman–Crippen LogP) is 2.99. The van der Waals surface area contributed by atoms with Gasteiger partial charge in [0.05, 0.1) is 23.5 Å². The molecule has 2 rings (SSSR count). The average Bonchev–Trinajstić information content (AvgIpc) is 2.42. The highest BCUT2D eigenvalue weighted by molar-refractivity contribution is 14.1. The van der Waals surface area contributed by atoms with Crippen molar-refractivity contribution in [1.29, 1.82) is 0 Å². The van der Waals surface area contributed by atoms with E-state index >= 15 is 0 Å². The number of aromatic nitrogens is 1. The normalized spacial score (nSPS) is 30.7. The first-order chi connectivity index (χ1) is 11.0. The van der Waals surface area contributed by atoms with E-state index in [1.54, 1.807) is 19.3 Å². The lowest BCUT2D eigenvalue weighted by Gasteiger charge is -2.45. The Morgan fingerprint density at radius 1 is 1.50 bits per heavy atom. The summed E-state index contributed by atoms with van der Waals surface area (Å²) in [7, 11) is 0. The lowest BCUT2D eigenvalue weighted by atomic mass is 9.73. The zero-order valence-corrected chi connectivity index (χ0v) is 16.7. The summed E-state index contributed by atoms with van der Waals surface area (Å²) in [6.07, 6.45) is 4.23. The molecule has 0 bridgehead atoms. The molecule has 1 aliphatic rings. The van der Waals surface area contributed by atoms with Crippen molar-refractivity contribution >= 4 is 34.4 Å². The van der Waals surface area contributed by atoms with E-state index in [4.69, 9.17) is 10.5 Å². The summed E-state index contributed by atoms with van der Waals surface area (Å²) < 4.78 is 5.31. The number of alkyl halides is 1. The Labute approximate surface area is 156 Å². The Morgan fingerprint density at radius 3 is 2.75 bits per heavy atom. The first kappa shape index (κ1) is 19.2. The Balaban J connectivity index is 2.18. The molecular weight excluding hydrogens is 421 g/mol. The van der Waals surface area contributed by atoms with Crippen LogP contribution in [0, 0.1) is 0 Å². The number of pyridine rings is 1. The Bertz CT molecular complexity index is 601. The van der Waals surface area contributed by atoms with Crippen LogP contribution in [0.5, 0.6) is 0 Å². The zero-order chi connectivity index (χ0) is 18.1. The second-order valence-corrected chi connectivity index (χ2v) is 9.07. The number of nitrogen functional groups attached to an aromatic ring is 1. The van der Waals surface area contributed by atoms with Crippen LogP contribution in [-0.4, -0.2) is 37.4 Å². The van der Waals surface area contributed by atoms with Gasteiger partial charge < -0.3 is 20.9 Å². The zero-order valence-electron chi connectivity index (χ0n) is 14.5. The number of hydrogen-bond donors (Lipinski definition) is 3. The van der Waals surface area contributed by atoms with E-state index in [-0.39, 0.29) is 9.84 Å². The number of anilines is 1. The van der Waals surface area contributed by atoms with Crippen LogP contribution in [0.4, 0.5) is 10.5 Å². The van der Waals surface area contributed by atoms with Crippen molar-refractivity contribution in [2.75, 3.05) is 5.73 Å². The maximum atomic E-state index is 12.1. The van der Waals surface area contributed by atoms with Crippen LogP contribution in [-0.2, 0) is 4.74 Å². The van der Waals surface area contributed by atoms with E-state index in [0.29, 0.717) is 12.1 Å². The van der Waals surface area contributed by atoms with Crippen LogP contribution < -0.4 is 11.1 Å². The van der Waals surface area contributed by atoms with Gasteiger partial charge in [0.2, 0.25) is 0 Å². The molecule has 6 nitrogen and oxygen atoms in total. The van der Waals surface area contributed by atoms with E-state index in [1.165, 1.54) is 0 Å². The van der Waals surface area contributed by atoms with Crippen molar-refractivity contribution < 1.29 is 14.6 Å². The van der Waals surface area contributed by atoms with Gasteiger partial charge in [0.25, 0.3) is 0 Å². The third kappa shape index (κ3) is 4.50. The largest absolute Gasteiger partial charge is 0.444 e. The average molecular weight is 447 g/mol. The van der Waals surface area contributed by atoms with Crippen molar-refractivity contribution in [2.24, 2.45) is 0 Å². The van der Waals surface area contributed by atoms with E-state index < -0.39 is 23.3 Å². The van der Waals surface area contributed by atoms with Gasteiger partial charge in [-0.05, 0) is 58.1 Å². The molecule has 1 aliphatic carbocycles. The quantitative estimate of drug-likeness (QED) is 0.479. The number of hydrogen-bond acceptors (Lipinski definition) is 5. The van der Waals surface area contributed by atoms with Crippen LogP contribution >= 0.6 is 22.6 Å². The molecule has 1 heterocycles. The highest BCUT2D eigenvalue weighted by atomic mass is 127. The van der Waals surface area contributed by atoms with Gasteiger partial charge in [0.15, 0.2) is 0 Å². The van der Waals surface area contributed by atoms with Crippen LogP contribution in [0.3, 0.4) is 0 Å². The number of carbonyl (C=O) groups is 1. The summed E-state index contributed by atoms with van der Waals surface area (Å²) in [5.41, 5.74) is 6.11. The molecule has 1 aromatic heterocycles. The van der Waals surface area contributed by atoms with Crippen LogP contribution in [0.1, 0.15) is 52.0 Å². The number of aliphatic hydroxyl groups is 1. The molecule has 4 N–H and O–H groups in total. The van der Waals surface area contributed by atoms with Crippen molar-refractivity contribution in [2.45, 2.75) is 67.6 Å². The lowest BCUT2D eigenvalue weighted by Crippen LogP contribution is -2.59. The van der Waals surface area contributed by atoms with Gasteiger partial charge in [-0.3, -0.25) is 4.98 Å². The van der Waals surface area contributed by atoms with Gasteiger partial charge in [0, 0.05) is 10.1 Å². The molecule has 7 heteroatoms. The standard InChI is InChI=1S/C17H26IN3O3/c1-16(2,3)24-15(22)21-14-8-10(7-13(18)17(14,4)23)11-5-6-20-9-12(11)19/h5-6,9-10,13-14,23H,7-8,19H2,1-4H3,(H,21,22)/t10-,13+,14-,17-/m0/s1. The lowest BCUT2D eigenvalue weighted by molar-refractivity contribution is -0.0126. The minimum Gasteiger partial charge on any atom is -0.444 e. The summed E-state index contributed by atoms with van der Waals surface area (Å²) in [6.45, 7) is 7.20. The number of carbonyl (C=O) groups excluding carboxylic acids is 1. The minimum atomic E-state index is -1.02. The molecular formula is C17H26IN3O3. The van der Waals surface area contributed by atoms with Gasteiger partial charge in [0.1, 0.15) is 5.60 Å². The second-order valence-electron chi connectivity index (χ2n) is 7.57. The van der Waals surface area contributed by atoms with Crippen molar-refractivity contribution in [3.63, 3.8) is 0 Å². The van der Waals surface area contributed by atoms with Crippen molar-refractivity contribution in [1.82, 2.24) is 10.3 Å². The second kappa shape index (κ2) is 7.03. The van der Waals surface area contributed by atoms with Gasteiger partial charge in [-0.15, -0.1) is 0 Å². The molecule has 24 heavy (non-hydrogen) atoms. The molecule has 0 spiro atoms. The number of amides is 1. The fraction of sp³-hybridized carbons (Fsp3) is 0.647. The highest BCUT2D eigenvalue weighted by Gasteiger charge is 2.46. The van der Waals surface area contributed by atoms with Crippen molar-refractivity contribution in [3.05, 3.63) is 24.0 Å². The molecule has 0 aromatic carbocycles. The molecule has 0 radical (unpaired) electrons. The molecule has 0 aliphatic heterocycles. The monoisotopic (exact) mass is 447 g/mol. The Morgan fingerprint density at radius 2 is 2.17 bits per heavy atom. The Kier molecular flexibility index (Phi) is 5.64. The molecule has 4 atom stereocenters.